The molecule has 0 aliphatic carbocycles. The second-order valence-corrected chi connectivity index (χ2v) is 14.2. The van der Waals surface area contributed by atoms with Gasteiger partial charge in [0.1, 0.15) is 0 Å². The first-order valence-corrected chi connectivity index (χ1v) is 19.3. The monoisotopic (exact) mass is 729 g/mol. The van der Waals surface area contributed by atoms with E-state index in [2.05, 4.69) is 115 Å². The molecule has 0 saturated carbocycles. The van der Waals surface area contributed by atoms with Crippen molar-refractivity contribution in [2.45, 2.75) is 0 Å². The Kier molecular flexibility index (Phi) is 7.84. The Labute approximate surface area is 340 Å². The van der Waals surface area contributed by atoms with Gasteiger partial charge < -0.3 is 4.90 Å². The summed E-state index contributed by atoms with van der Waals surface area (Å²) in [5, 5.41) is 4.54. The Morgan fingerprint density at radius 3 is 1.53 bits per heavy atom. The SMILES string of the molecule is [2H]c1c([2H])c(N(c2ccc(-c3c(-c4ccccc4)ccc4ccccc34)cc2)c2cccc(-c3cccc4ccccc34)c2)c([2H])c([2H])c1-c1ccc(-c2ccccc2)cc1. The zero-order valence-corrected chi connectivity index (χ0v) is 31.2. The number of rotatable bonds is 8. The first kappa shape index (κ1) is 29.8. The summed E-state index contributed by atoms with van der Waals surface area (Å²) in [7, 11) is 0. The zero-order chi connectivity index (χ0) is 41.5. The normalized spacial score (nSPS) is 12.1. The molecule has 0 N–H and O–H groups in total. The number of nitrogens with zero attached hydrogens (tertiary/aromatic N) is 1. The number of benzene rings is 10. The average Bonchev–Trinajstić information content (AvgIpc) is 3.32. The fourth-order valence-corrected chi connectivity index (χ4v) is 7.94. The van der Waals surface area contributed by atoms with Crippen molar-refractivity contribution in [2.24, 2.45) is 0 Å². The Bertz CT molecular complexity index is 3180. The van der Waals surface area contributed by atoms with Crippen LogP contribution in [0.3, 0.4) is 0 Å². The smallest absolute Gasteiger partial charge is 0.0645 e. The molecule has 0 radical (unpaired) electrons. The second kappa shape index (κ2) is 15.0. The lowest BCUT2D eigenvalue weighted by Gasteiger charge is -2.27. The highest BCUT2D eigenvalue weighted by Crippen LogP contribution is 2.42. The number of anilines is 3. The lowest BCUT2D eigenvalue weighted by Crippen LogP contribution is -2.10. The van der Waals surface area contributed by atoms with Gasteiger partial charge in [-0.25, -0.2) is 0 Å². The van der Waals surface area contributed by atoms with Gasteiger partial charge in [-0.2, -0.15) is 0 Å². The van der Waals surface area contributed by atoms with Crippen LogP contribution in [0.4, 0.5) is 17.1 Å². The summed E-state index contributed by atoms with van der Waals surface area (Å²) in [4.78, 5) is 1.88. The van der Waals surface area contributed by atoms with E-state index in [4.69, 9.17) is 0 Å². The van der Waals surface area contributed by atoms with E-state index < -0.39 is 0 Å². The highest BCUT2D eigenvalue weighted by molar-refractivity contribution is 6.04. The van der Waals surface area contributed by atoms with E-state index in [1.54, 1.807) is 0 Å². The maximum Gasteiger partial charge on any atom is 0.0645 e. The van der Waals surface area contributed by atoms with Crippen molar-refractivity contribution in [2.75, 3.05) is 4.90 Å². The fourth-order valence-electron chi connectivity index (χ4n) is 7.94. The first-order chi connectivity index (χ1) is 29.9. The van der Waals surface area contributed by atoms with E-state index in [-0.39, 0.29) is 35.4 Å². The Morgan fingerprint density at radius 1 is 0.281 bits per heavy atom. The van der Waals surface area contributed by atoms with E-state index >= 15 is 0 Å². The Hall–Kier alpha value is -7.48. The topological polar surface area (TPSA) is 3.24 Å². The quantitative estimate of drug-likeness (QED) is 0.151. The molecule has 0 unspecified atom stereocenters. The molecule has 0 aromatic heterocycles. The summed E-state index contributed by atoms with van der Waals surface area (Å²) in [5.74, 6) is 0. The van der Waals surface area contributed by atoms with Crippen molar-refractivity contribution < 1.29 is 5.48 Å². The van der Waals surface area contributed by atoms with E-state index in [1.807, 2.05) is 102 Å². The lowest BCUT2D eigenvalue weighted by atomic mass is 9.89. The molecule has 0 aliphatic heterocycles. The predicted molar refractivity (Wildman–Crippen MR) is 243 cm³/mol. The third-order valence-corrected chi connectivity index (χ3v) is 10.7. The summed E-state index contributed by atoms with van der Waals surface area (Å²) < 4.78 is 38.1. The van der Waals surface area contributed by atoms with Gasteiger partial charge in [0.15, 0.2) is 0 Å². The van der Waals surface area contributed by atoms with Gasteiger partial charge in [-0.05, 0) is 114 Å². The first-order valence-electron chi connectivity index (χ1n) is 21.3. The van der Waals surface area contributed by atoms with Crippen molar-refractivity contribution in [1.29, 1.82) is 0 Å². The van der Waals surface area contributed by atoms with Gasteiger partial charge >= 0.3 is 0 Å². The molecule has 0 saturated heterocycles. The molecule has 0 atom stereocenters. The van der Waals surface area contributed by atoms with E-state index in [9.17, 15) is 5.48 Å². The van der Waals surface area contributed by atoms with E-state index in [0.29, 0.717) is 16.9 Å². The van der Waals surface area contributed by atoms with Crippen molar-refractivity contribution in [3.05, 3.63) is 236 Å². The average molecular weight is 730 g/mol. The van der Waals surface area contributed by atoms with Crippen LogP contribution in [-0.2, 0) is 0 Å². The molecular formula is C56H39N. The molecule has 10 rings (SSSR count). The van der Waals surface area contributed by atoms with Crippen LogP contribution in [0.25, 0.3) is 77.2 Å². The van der Waals surface area contributed by atoms with Crippen LogP contribution >= 0.6 is 0 Å². The minimum atomic E-state index is -0.122. The number of fused-ring (bicyclic) bond motifs is 2. The van der Waals surface area contributed by atoms with Crippen LogP contribution < -0.4 is 4.90 Å². The van der Waals surface area contributed by atoms with Crippen molar-refractivity contribution in [3.8, 4) is 55.6 Å². The van der Waals surface area contributed by atoms with Gasteiger partial charge in [-0.15, -0.1) is 0 Å². The molecule has 0 amide bonds. The van der Waals surface area contributed by atoms with Crippen LogP contribution in [0.15, 0.2) is 236 Å². The molecule has 0 bridgehead atoms. The minimum absolute atomic E-state index is 0.0986. The predicted octanol–water partition coefficient (Wildman–Crippen LogP) is 15.8. The van der Waals surface area contributed by atoms with Crippen LogP contribution in [0.2, 0.25) is 0 Å². The van der Waals surface area contributed by atoms with Crippen molar-refractivity contribution >= 4 is 38.6 Å². The summed E-state index contributed by atoms with van der Waals surface area (Å²) >= 11 is 0. The summed E-state index contributed by atoms with van der Waals surface area (Å²) in [6, 6.07) is 71.5. The second-order valence-electron chi connectivity index (χ2n) is 14.2. The number of hydrogen-bond donors (Lipinski definition) is 0. The Balaban J connectivity index is 1.15. The minimum Gasteiger partial charge on any atom is -0.310 e. The van der Waals surface area contributed by atoms with Crippen LogP contribution in [0.5, 0.6) is 0 Å². The third kappa shape index (κ3) is 6.66. The molecule has 268 valence electrons. The molecule has 10 aromatic carbocycles. The lowest BCUT2D eigenvalue weighted by molar-refractivity contribution is 1.28. The molecular weight excluding hydrogens is 687 g/mol. The molecule has 0 heterocycles. The Morgan fingerprint density at radius 2 is 0.807 bits per heavy atom. The molecule has 57 heavy (non-hydrogen) atoms. The molecule has 1 nitrogen and oxygen atoms in total. The van der Waals surface area contributed by atoms with Crippen molar-refractivity contribution in [3.63, 3.8) is 0 Å². The van der Waals surface area contributed by atoms with Crippen LogP contribution in [0, 0.1) is 0 Å². The van der Waals surface area contributed by atoms with Crippen LogP contribution in [-0.4, -0.2) is 0 Å². The van der Waals surface area contributed by atoms with Crippen molar-refractivity contribution in [1.82, 2.24) is 0 Å². The van der Waals surface area contributed by atoms with E-state index in [1.165, 1.54) is 0 Å². The molecule has 0 aliphatic rings. The summed E-state index contributed by atoms with van der Waals surface area (Å²) in [6.45, 7) is 0. The molecule has 1 heteroatoms. The molecule has 10 aromatic rings. The zero-order valence-electron chi connectivity index (χ0n) is 35.2. The van der Waals surface area contributed by atoms with Gasteiger partial charge in [0.05, 0.1) is 5.48 Å². The maximum atomic E-state index is 9.61. The van der Waals surface area contributed by atoms with Crippen LogP contribution in [0.1, 0.15) is 5.48 Å². The van der Waals surface area contributed by atoms with Gasteiger partial charge in [-0.1, -0.05) is 200 Å². The van der Waals surface area contributed by atoms with Gasteiger partial charge in [-0.3, -0.25) is 0 Å². The number of hydrogen-bond acceptors (Lipinski definition) is 1. The van der Waals surface area contributed by atoms with E-state index in [0.717, 1.165) is 66.1 Å². The van der Waals surface area contributed by atoms with Gasteiger partial charge in [0, 0.05) is 17.1 Å². The molecule has 0 fully saturated rings. The highest BCUT2D eigenvalue weighted by Gasteiger charge is 2.17. The highest BCUT2D eigenvalue weighted by atomic mass is 15.1. The fraction of sp³-hybridized carbons (Fsp3) is 0. The summed E-state index contributed by atoms with van der Waals surface area (Å²) in [5.41, 5.74) is 11.0. The molecule has 0 spiro atoms. The maximum absolute atomic E-state index is 9.61. The standard InChI is InChI=1S/C56H39N/c1-3-13-40(14-4-1)41-25-27-42(28-26-41)43-29-34-49(35-30-43)57(51-21-11-20-48(39-51)53-24-12-19-44-17-7-9-22-52(44)53)50-36-31-47(32-37-50)56-54-23-10-8-18-46(54)33-38-55(56)45-15-5-2-6-16-45/h1-39H/i29D,30D,34D,35D. The summed E-state index contributed by atoms with van der Waals surface area (Å²) in [6.07, 6.45) is 0. The van der Waals surface area contributed by atoms with Gasteiger partial charge in [0.2, 0.25) is 0 Å². The third-order valence-electron chi connectivity index (χ3n) is 10.7. The van der Waals surface area contributed by atoms with Gasteiger partial charge in [0.25, 0.3) is 0 Å². The largest absolute Gasteiger partial charge is 0.310 e.